The molecule has 716 valence electrons. The van der Waals surface area contributed by atoms with Crippen molar-refractivity contribution in [2.24, 2.45) is 0 Å². The van der Waals surface area contributed by atoms with Gasteiger partial charge in [0, 0.05) is 19.3 Å². The van der Waals surface area contributed by atoms with Gasteiger partial charge in [-0.2, -0.15) is 0 Å². The summed E-state index contributed by atoms with van der Waals surface area (Å²) < 4.78 is 55.8. The second kappa shape index (κ2) is 86.1. The van der Waals surface area contributed by atoms with E-state index in [1.165, 1.54) is 199 Å². The molecule has 121 heavy (non-hydrogen) atoms. The van der Waals surface area contributed by atoms with Crippen molar-refractivity contribution in [1.82, 2.24) is 15.5 Å². The highest BCUT2D eigenvalue weighted by atomic mass is 31.2. The van der Waals surface area contributed by atoms with Crippen molar-refractivity contribution in [2.75, 3.05) is 39.5 Å². The number of unbranched alkanes of at least 4 members (excludes halogenated alkanes) is 54. The van der Waals surface area contributed by atoms with Crippen LogP contribution in [0.25, 0.3) is 0 Å². The topological polar surface area (TPSA) is 292 Å². The lowest BCUT2D eigenvalue weighted by atomic mass is 9.95. The van der Waals surface area contributed by atoms with Gasteiger partial charge in [-0.25, -0.2) is 4.57 Å². The lowest BCUT2D eigenvalue weighted by molar-refractivity contribution is -0.272. The first-order valence-electron chi connectivity index (χ1n) is 51.1. The number of phosphoric acid groups is 1. The minimum absolute atomic E-state index is 0.154. The fourth-order valence-corrected chi connectivity index (χ4v) is 16.9. The van der Waals surface area contributed by atoms with Crippen LogP contribution in [0.2, 0.25) is 0 Å². The molecule has 0 aromatic heterocycles. The highest BCUT2D eigenvalue weighted by Crippen LogP contribution is 2.43. The monoisotopic (exact) mass is 1740 g/mol. The molecule has 0 unspecified atom stereocenters. The lowest BCUT2D eigenvalue weighted by Crippen LogP contribution is -2.66. The number of aliphatic hydroxyl groups excluding tert-OH is 2. The molecule has 0 radical (unpaired) electrons. The molecule has 0 aromatic rings. The standard InChI is InChI=1S/C93H177N2O18P.C6H15N/c1-7-13-19-25-31-37-40-46-52-58-64-70-86(100)108-80(67-61-55-49-43-34-28-22-16-10-4)73-84(98)94-79(76-96)78-107-93-90(95-85(99)74-81(68-62-56-50-44-35-29-23-17-11-5)109-87(101)71-65-59-53-47-41-38-32-26-20-14-8-2)92(91(83(77-97)111-93)113-114(104,105)106)112-89(103)75-82(69-63-57-51-45-36-30-24-18-12-6)110-88(102)72-66-60-54-48-42-39-33-27-21-15-9-3;1-4-7(5-2)6-3/h79-83,90-93,96-97H,7-78H2,1-6H3,(H,94,98)(H,95,99)(H2,104,105,106);4-6H2,1-3H3/t79-,80+,81+,82+,83+,90+,91+,92+,93+;/m0./s1. The van der Waals surface area contributed by atoms with Gasteiger partial charge in [0.15, 0.2) is 12.4 Å². The maximum atomic E-state index is 15.0. The molecule has 0 spiro atoms. The molecule has 1 rings (SSSR count). The van der Waals surface area contributed by atoms with E-state index in [-0.39, 0.29) is 38.1 Å². The predicted molar refractivity (Wildman–Crippen MR) is 495 cm³/mol. The third-order valence-corrected chi connectivity index (χ3v) is 24.5. The molecule has 2 amide bonds. The van der Waals surface area contributed by atoms with Crippen LogP contribution in [0, 0.1) is 0 Å². The maximum absolute atomic E-state index is 15.0. The largest absolute Gasteiger partial charge is 0.470 e. The summed E-state index contributed by atoms with van der Waals surface area (Å²) >= 11 is 0. The number of carbonyl (C=O) groups is 6. The second-order valence-electron chi connectivity index (χ2n) is 35.4. The first-order chi connectivity index (χ1) is 58.8. The van der Waals surface area contributed by atoms with Crippen molar-refractivity contribution < 1.29 is 86.3 Å². The number of aliphatic hydroxyl groups is 2. The average Bonchev–Trinajstić information content (AvgIpc) is 0.779. The molecular weight excluding hydrogens is 1550 g/mol. The van der Waals surface area contributed by atoms with Crippen molar-refractivity contribution in [1.29, 1.82) is 0 Å². The van der Waals surface area contributed by atoms with E-state index in [2.05, 4.69) is 77.8 Å². The van der Waals surface area contributed by atoms with Crippen LogP contribution in [0.1, 0.15) is 505 Å². The van der Waals surface area contributed by atoms with Crippen molar-refractivity contribution in [3.05, 3.63) is 0 Å². The Kier molecular flexibility index (Phi) is 83.8. The summed E-state index contributed by atoms with van der Waals surface area (Å²) in [5, 5.41) is 27.7. The summed E-state index contributed by atoms with van der Waals surface area (Å²) in [6.07, 6.45) is 56.3. The Labute approximate surface area is 741 Å². The van der Waals surface area contributed by atoms with Gasteiger partial charge in [-0.3, -0.25) is 33.3 Å². The first kappa shape index (κ1) is 118. The summed E-state index contributed by atoms with van der Waals surface area (Å²) in [5.41, 5.74) is 0. The van der Waals surface area contributed by atoms with Crippen molar-refractivity contribution >= 4 is 43.5 Å². The Bertz CT molecular complexity index is 2400. The molecule has 0 aromatic carbocycles. The van der Waals surface area contributed by atoms with Gasteiger partial charge in [0.1, 0.15) is 36.6 Å². The number of carbonyl (C=O) groups excluding carboxylic acids is 6. The number of phosphoric ester groups is 1. The van der Waals surface area contributed by atoms with Crippen LogP contribution in [0.5, 0.6) is 0 Å². The predicted octanol–water partition coefficient (Wildman–Crippen LogP) is 25.2. The number of nitrogens with one attached hydrogen (secondary N) is 2. The molecule has 1 fully saturated rings. The lowest BCUT2D eigenvalue weighted by Gasteiger charge is -2.45. The van der Waals surface area contributed by atoms with Gasteiger partial charge >= 0.3 is 31.7 Å². The molecule has 1 heterocycles. The van der Waals surface area contributed by atoms with E-state index in [4.69, 9.17) is 32.9 Å². The van der Waals surface area contributed by atoms with Gasteiger partial charge in [0.25, 0.3) is 0 Å². The Morgan fingerprint density at radius 2 is 0.628 bits per heavy atom. The number of ether oxygens (including phenoxy) is 6. The number of rotatable bonds is 88. The van der Waals surface area contributed by atoms with Crippen molar-refractivity contribution in [3.8, 4) is 0 Å². The van der Waals surface area contributed by atoms with Crippen LogP contribution in [0.15, 0.2) is 0 Å². The Morgan fingerprint density at radius 1 is 0.355 bits per heavy atom. The zero-order valence-electron chi connectivity index (χ0n) is 79.6. The Hall–Kier alpha value is -3.27. The number of hydrogen-bond donors (Lipinski definition) is 6. The van der Waals surface area contributed by atoms with Crippen LogP contribution in [0.3, 0.4) is 0 Å². The van der Waals surface area contributed by atoms with Gasteiger partial charge in [-0.1, -0.05) is 409 Å². The molecule has 1 saturated heterocycles. The summed E-state index contributed by atoms with van der Waals surface area (Å²) in [6, 6.07) is -2.81. The van der Waals surface area contributed by atoms with Crippen molar-refractivity contribution in [3.63, 3.8) is 0 Å². The van der Waals surface area contributed by atoms with Gasteiger partial charge in [-0.15, -0.1) is 0 Å². The molecule has 21 nitrogen and oxygen atoms in total. The van der Waals surface area contributed by atoms with Crippen LogP contribution < -0.4 is 10.6 Å². The van der Waals surface area contributed by atoms with E-state index in [1.54, 1.807) is 0 Å². The first-order valence-corrected chi connectivity index (χ1v) is 52.7. The third kappa shape index (κ3) is 73.4. The van der Waals surface area contributed by atoms with E-state index in [9.17, 15) is 53.3 Å². The summed E-state index contributed by atoms with van der Waals surface area (Å²) in [4.78, 5) is 109. The summed E-state index contributed by atoms with van der Waals surface area (Å²) in [5.74, 6) is -3.47. The van der Waals surface area contributed by atoms with Gasteiger partial charge in [0.2, 0.25) is 11.8 Å². The van der Waals surface area contributed by atoms with E-state index < -0.39 is 119 Å². The minimum atomic E-state index is -5.53. The SMILES string of the molecule is CCCCCCCCCCCCCC(=O)O[C@H](CCCCCCCCCCC)CC(=O)N[C@@H](CO)CO[C@@H]1O[C@H](CO)[C@@H](OP(=O)(O)O)[C@H](OC(=O)C[C@@H](CCCCCCCCCCC)OC(=O)CCCCCCCCCCCCC)[C@H]1NC(=O)C[C@@H](CCCCCCCCCCC)OC(=O)CCCCCCCCCCCCC.CCN(CC)CC. The molecular formula is C99H192N3O18P. The quantitative estimate of drug-likeness (QED) is 0.0143. The molecule has 0 aliphatic carbocycles. The smallest absolute Gasteiger partial charge is 0.462 e. The zero-order valence-corrected chi connectivity index (χ0v) is 80.5. The number of nitrogens with zero attached hydrogens (tertiary/aromatic N) is 1. The van der Waals surface area contributed by atoms with Crippen LogP contribution in [-0.2, 0) is 66.3 Å². The highest BCUT2D eigenvalue weighted by Gasteiger charge is 2.52. The fraction of sp³-hybridized carbons (Fsp3) is 0.939. The molecule has 1 aliphatic rings. The highest BCUT2D eigenvalue weighted by molar-refractivity contribution is 7.46. The van der Waals surface area contributed by atoms with E-state index >= 15 is 0 Å². The van der Waals surface area contributed by atoms with E-state index in [0.717, 1.165) is 173 Å². The zero-order chi connectivity index (χ0) is 89.1. The Balaban J connectivity index is 0.0000196. The molecule has 9 atom stereocenters. The maximum Gasteiger partial charge on any atom is 0.470 e. The molecule has 1 aliphatic heterocycles. The van der Waals surface area contributed by atoms with Crippen LogP contribution in [-0.4, -0.2) is 155 Å². The minimum Gasteiger partial charge on any atom is -0.462 e. The average molecular weight is 1740 g/mol. The van der Waals surface area contributed by atoms with Crippen LogP contribution >= 0.6 is 7.82 Å². The molecule has 6 N–H and O–H groups in total. The third-order valence-electron chi connectivity index (χ3n) is 24.0. The number of hydrogen-bond acceptors (Lipinski definition) is 17. The second-order valence-corrected chi connectivity index (χ2v) is 36.6. The fourth-order valence-electron chi connectivity index (χ4n) is 16.3. The van der Waals surface area contributed by atoms with Gasteiger partial charge < -0.3 is 64.0 Å². The molecule has 22 heteroatoms. The van der Waals surface area contributed by atoms with E-state index in [0.29, 0.717) is 51.4 Å². The normalized spacial score (nSPS) is 16.4. The Morgan fingerprint density at radius 3 is 0.893 bits per heavy atom. The van der Waals surface area contributed by atoms with Gasteiger partial charge in [-0.05, 0) is 77.4 Å². The summed E-state index contributed by atoms with van der Waals surface area (Å²) in [7, 11) is -5.53. The molecule has 0 saturated carbocycles. The summed E-state index contributed by atoms with van der Waals surface area (Å²) in [6.45, 7) is 21.3. The van der Waals surface area contributed by atoms with E-state index in [1.807, 2.05) is 0 Å². The number of esters is 4. The number of amides is 2. The van der Waals surface area contributed by atoms with Crippen LogP contribution in [0.4, 0.5) is 0 Å². The molecule has 0 bridgehead atoms. The van der Waals surface area contributed by atoms with Gasteiger partial charge in [0.05, 0.1) is 45.1 Å². The van der Waals surface area contributed by atoms with Crippen molar-refractivity contribution in [2.45, 2.75) is 560 Å².